The average molecular weight is 376 g/mol. The fourth-order valence-electron chi connectivity index (χ4n) is 0.250. The number of halogens is 2. The standard InChI is InChI=1S/C5H11.2HI.V/c1-3-5-4-2;;;/h1,3-5H2,2H3;2*1H;/q-1;;;+2/p-2. The van der Waals surface area contributed by atoms with E-state index < -0.39 is 0 Å². The molecule has 0 aromatic rings. The molecule has 0 nitrogen and oxygen atoms in total. The Balaban J connectivity index is 0. The summed E-state index contributed by atoms with van der Waals surface area (Å²) in [6, 6.07) is 0. The first-order chi connectivity index (χ1) is 3.83. The van der Waals surface area contributed by atoms with Crippen molar-refractivity contribution >= 4 is 40.0 Å². The van der Waals surface area contributed by atoms with E-state index in [4.69, 9.17) is 0 Å². The summed E-state index contributed by atoms with van der Waals surface area (Å²) in [7, 11) is 0.628. The van der Waals surface area contributed by atoms with Crippen molar-refractivity contribution in [2.24, 2.45) is 0 Å². The molecular weight excluding hydrogens is 365 g/mol. The first-order valence-corrected chi connectivity index (χ1v) is 11.6. The number of hydrogen-bond acceptors (Lipinski definition) is 0. The van der Waals surface area contributed by atoms with Crippen molar-refractivity contribution in [2.45, 2.75) is 26.2 Å². The molecule has 0 saturated carbocycles. The molecule has 0 N–H and O–H groups in total. The summed E-state index contributed by atoms with van der Waals surface area (Å²) in [5.74, 6) is 0. The zero-order valence-electron chi connectivity index (χ0n) is 5.03. The molecule has 0 aliphatic rings. The van der Waals surface area contributed by atoms with Gasteiger partial charge in [-0.15, -0.1) is 0 Å². The molecule has 0 aromatic carbocycles. The molecule has 0 amide bonds. The molecule has 0 fully saturated rings. The molecule has 0 aliphatic carbocycles. The normalized spacial score (nSPS) is 7.00. The quantitative estimate of drug-likeness (QED) is 0.509. The molecule has 8 heavy (non-hydrogen) atoms. The van der Waals surface area contributed by atoms with E-state index in [1.807, 2.05) is 0 Å². The molecule has 0 bridgehead atoms. The van der Waals surface area contributed by atoms with Crippen LogP contribution < -0.4 is 0 Å². The van der Waals surface area contributed by atoms with E-state index >= 15 is 0 Å². The van der Waals surface area contributed by atoms with Gasteiger partial charge in [0.2, 0.25) is 0 Å². The molecule has 0 aromatic heterocycles. The Bertz CT molecular complexity index is 24.4. The van der Waals surface area contributed by atoms with Gasteiger partial charge < -0.3 is 6.92 Å². The Hall–Kier alpha value is 2.04. The van der Waals surface area contributed by atoms with Crippen LogP contribution in [0.15, 0.2) is 0 Å². The van der Waals surface area contributed by atoms with Crippen molar-refractivity contribution in [3.05, 3.63) is 6.92 Å². The minimum absolute atomic E-state index is 0.628. The van der Waals surface area contributed by atoms with Gasteiger partial charge in [-0.05, 0) is 0 Å². The summed E-state index contributed by atoms with van der Waals surface area (Å²) in [5.41, 5.74) is 0. The fourth-order valence-corrected chi connectivity index (χ4v) is 0.250. The van der Waals surface area contributed by atoms with Crippen molar-refractivity contribution in [3.8, 4) is 0 Å². The van der Waals surface area contributed by atoms with Gasteiger partial charge in [0, 0.05) is 0 Å². The summed E-state index contributed by atoms with van der Waals surface area (Å²) in [6.45, 7) is 5.85. The van der Waals surface area contributed by atoms with Crippen LogP contribution >= 0.6 is 40.0 Å². The van der Waals surface area contributed by atoms with Crippen LogP contribution in [0.3, 0.4) is 0 Å². The maximum atomic E-state index is 3.68. The summed E-state index contributed by atoms with van der Waals surface area (Å²) in [4.78, 5) is 0. The van der Waals surface area contributed by atoms with Crippen molar-refractivity contribution < 1.29 is 9.47 Å². The summed E-state index contributed by atoms with van der Waals surface area (Å²) < 4.78 is 0. The Labute approximate surface area is 81.4 Å². The molecule has 0 rings (SSSR count). The van der Waals surface area contributed by atoms with E-state index in [2.05, 4.69) is 53.8 Å². The molecule has 0 unspecified atom stereocenters. The maximum absolute atomic E-state index is 3.68. The molecule has 3 heteroatoms. The van der Waals surface area contributed by atoms with Crippen molar-refractivity contribution in [1.29, 1.82) is 0 Å². The van der Waals surface area contributed by atoms with Gasteiger partial charge in [0.1, 0.15) is 0 Å². The molecule has 0 spiro atoms. The van der Waals surface area contributed by atoms with Gasteiger partial charge in [-0.2, -0.15) is 6.42 Å². The fraction of sp³-hybridized carbons (Fsp3) is 0.800. The Morgan fingerprint density at radius 1 is 1.50 bits per heavy atom. The summed E-state index contributed by atoms with van der Waals surface area (Å²) in [5, 5.41) is 0. The van der Waals surface area contributed by atoms with Gasteiger partial charge in [0.05, 0.1) is 0 Å². The number of hydrogen-bond donors (Lipinski definition) is 0. The van der Waals surface area contributed by atoms with Gasteiger partial charge >= 0.3 is 49.4 Å². The van der Waals surface area contributed by atoms with Gasteiger partial charge in [0.25, 0.3) is 0 Å². The molecule has 0 heterocycles. The van der Waals surface area contributed by atoms with Crippen molar-refractivity contribution in [1.82, 2.24) is 0 Å². The van der Waals surface area contributed by atoms with Gasteiger partial charge in [-0.3, -0.25) is 0 Å². The zero-order chi connectivity index (χ0) is 6.83. The number of unbranched alkanes of at least 4 members (excludes halogenated alkanes) is 2. The average Bonchev–Trinajstić information content (AvgIpc) is 1.71. The molecule has 0 saturated heterocycles. The van der Waals surface area contributed by atoms with Crippen molar-refractivity contribution in [2.75, 3.05) is 0 Å². The monoisotopic (exact) mass is 376 g/mol. The van der Waals surface area contributed by atoms with Crippen LogP contribution in [-0.2, 0) is 9.47 Å². The molecule has 0 aliphatic heterocycles. The minimum atomic E-state index is 0.628. The van der Waals surface area contributed by atoms with Crippen LogP contribution in [-0.4, -0.2) is 0 Å². The SMILES string of the molecule is [CH2-]CCCC.[I][V][I]. The molecular formula is C5H11I2V-. The van der Waals surface area contributed by atoms with Crippen LogP contribution in [0.2, 0.25) is 0 Å². The van der Waals surface area contributed by atoms with Crippen LogP contribution in [0.5, 0.6) is 0 Å². The van der Waals surface area contributed by atoms with Gasteiger partial charge in [0.15, 0.2) is 0 Å². The van der Waals surface area contributed by atoms with Crippen LogP contribution in [0, 0.1) is 6.92 Å². The topological polar surface area (TPSA) is 0 Å². The number of rotatable bonds is 2. The van der Waals surface area contributed by atoms with Gasteiger partial charge in [-0.25, -0.2) is 0 Å². The predicted octanol–water partition coefficient (Wildman–Crippen LogP) is 3.78. The van der Waals surface area contributed by atoms with Crippen LogP contribution in [0.4, 0.5) is 0 Å². The summed E-state index contributed by atoms with van der Waals surface area (Å²) in [6.07, 6.45) is 3.65. The predicted molar refractivity (Wildman–Crippen MR) is 52.9 cm³/mol. The zero-order valence-corrected chi connectivity index (χ0v) is 10.7. The Morgan fingerprint density at radius 2 is 1.88 bits per heavy atom. The second-order valence-corrected chi connectivity index (χ2v) is 13.1. The van der Waals surface area contributed by atoms with Crippen LogP contribution in [0.25, 0.3) is 0 Å². The third-order valence-corrected chi connectivity index (χ3v) is 0.604. The molecule has 0 atom stereocenters. The first kappa shape index (κ1) is 12.7. The van der Waals surface area contributed by atoms with E-state index in [1.54, 1.807) is 0 Å². The first-order valence-electron chi connectivity index (χ1n) is 2.55. The van der Waals surface area contributed by atoms with Gasteiger partial charge in [-0.1, -0.05) is 19.8 Å². The Kier molecular flexibility index (Phi) is 25.4. The molecule has 0 radical (unpaired) electrons. The van der Waals surface area contributed by atoms with E-state index in [9.17, 15) is 0 Å². The van der Waals surface area contributed by atoms with E-state index in [0.717, 1.165) is 6.42 Å². The van der Waals surface area contributed by atoms with E-state index in [1.165, 1.54) is 12.8 Å². The molecule has 51 valence electrons. The summed E-state index contributed by atoms with van der Waals surface area (Å²) >= 11 is 4.74. The van der Waals surface area contributed by atoms with E-state index in [0.29, 0.717) is 9.47 Å². The van der Waals surface area contributed by atoms with Crippen molar-refractivity contribution in [3.63, 3.8) is 0 Å². The Morgan fingerprint density at radius 3 is 1.88 bits per heavy atom. The van der Waals surface area contributed by atoms with Crippen LogP contribution in [0.1, 0.15) is 26.2 Å². The second-order valence-electron chi connectivity index (χ2n) is 1.27. The third kappa shape index (κ3) is 24.4. The van der Waals surface area contributed by atoms with E-state index in [-0.39, 0.29) is 0 Å². The third-order valence-electron chi connectivity index (χ3n) is 0.604. The second kappa shape index (κ2) is 16.0.